The van der Waals surface area contributed by atoms with Crippen molar-refractivity contribution in [2.75, 3.05) is 0 Å². The molecule has 0 unspecified atom stereocenters. The van der Waals surface area contributed by atoms with E-state index in [2.05, 4.69) is 5.32 Å². The van der Waals surface area contributed by atoms with Crippen LogP contribution in [-0.4, -0.2) is 27.9 Å². The van der Waals surface area contributed by atoms with Crippen LogP contribution in [-0.2, 0) is 16.1 Å². The van der Waals surface area contributed by atoms with Gasteiger partial charge in [0, 0.05) is 0 Å². The number of amides is 4. The van der Waals surface area contributed by atoms with Crippen LogP contribution in [0.5, 0.6) is 5.75 Å². The van der Waals surface area contributed by atoms with Crippen molar-refractivity contribution in [3.8, 4) is 5.75 Å². The highest BCUT2D eigenvalue weighted by Gasteiger charge is 2.35. The van der Waals surface area contributed by atoms with E-state index in [1.54, 1.807) is 0 Å². The van der Waals surface area contributed by atoms with Crippen molar-refractivity contribution in [2.45, 2.75) is 6.54 Å². The summed E-state index contributed by atoms with van der Waals surface area (Å²) >= 11 is 0. The van der Waals surface area contributed by atoms with Crippen LogP contribution in [0.3, 0.4) is 0 Å². The third kappa shape index (κ3) is 3.55. The lowest BCUT2D eigenvalue weighted by Gasteiger charge is -2.26. The van der Waals surface area contributed by atoms with Gasteiger partial charge in [-0.2, -0.15) is 0 Å². The minimum atomic E-state index is -0.831. The third-order valence-corrected chi connectivity index (χ3v) is 3.64. The van der Waals surface area contributed by atoms with Gasteiger partial charge in [-0.05, 0) is 41.5 Å². The number of aromatic hydroxyl groups is 1. The molecule has 0 aliphatic carbocycles. The predicted octanol–water partition coefficient (Wildman–Crippen LogP) is 2.19. The second-order valence-electron chi connectivity index (χ2n) is 5.43. The van der Waals surface area contributed by atoms with Crippen molar-refractivity contribution < 1.29 is 23.9 Å². The Labute approximate surface area is 142 Å². The Bertz CT molecular complexity index is 873. The van der Waals surface area contributed by atoms with Gasteiger partial charge >= 0.3 is 6.03 Å². The molecule has 7 heteroatoms. The molecule has 0 aromatic heterocycles. The number of nitrogens with zero attached hydrogens (tertiary/aromatic N) is 1. The van der Waals surface area contributed by atoms with Crippen molar-refractivity contribution in [1.82, 2.24) is 10.2 Å². The number of nitrogens with one attached hydrogen (secondary N) is 1. The van der Waals surface area contributed by atoms with Crippen LogP contribution in [0, 0.1) is 5.82 Å². The molecule has 1 aliphatic heterocycles. The molecule has 2 N–H and O–H groups in total. The number of barbiturate groups is 1. The number of benzene rings is 2. The van der Waals surface area contributed by atoms with Gasteiger partial charge in [-0.3, -0.25) is 19.8 Å². The molecule has 1 heterocycles. The molecule has 0 spiro atoms. The summed E-state index contributed by atoms with van der Waals surface area (Å²) in [7, 11) is 0. The molecular weight excluding hydrogens is 327 g/mol. The van der Waals surface area contributed by atoms with E-state index in [-0.39, 0.29) is 17.9 Å². The van der Waals surface area contributed by atoms with Gasteiger partial charge in [0.25, 0.3) is 11.8 Å². The van der Waals surface area contributed by atoms with Gasteiger partial charge in [0.2, 0.25) is 0 Å². The Morgan fingerprint density at radius 2 is 1.64 bits per heavy atom. The van der Waals surface area contributed by atoms with E-state index in [1.807, 2.05) is 0 Å². The lowest BCUT2D eigenvalue weighted by molar-refractivity contribution is -0.130. The lowest BCUT2D eigenvalue weighted by Crippen LogP contribution is -2.53. The Morgan fingerprint density at radius 1 is 1.00 bits per heavy atom. The maximum absolute atomic E-state index is 13.0. The van der Waals surface area contributed by atoms with Crippen LogP contribution in [0.15, 0.2) is 54.1 Å². The molecule has 1 aliphatic rings. The van der Waals surface area contributed by atoms with Crippen LogP contribution in [0.2, 0.25) is 0 Å². The largest absolute Gasteiger partial charge is 0.508 e. The van der Waals surface area contributed by atoms with Crippen LogP contribution >= 0.6 is 0 Å². The fraction of sp³-hybridized carbons (Fsp3) is 0.0556. The summed E-state index contributed by atoms with van der Waals surface area (Å²) in [5.74, 6) is -1.92. The number of hydrogen-bond acceptors (Lipinski definition) is 4. The molecule has 25 heavy (non-hydrogen) atoms. The first kappa shape index (κ1) is 16.4. The zero-order valence-corrected chi connectivity index (χ0v) is 12.9. The molecular formula is C18H13FN2O4. The second kappa shape index (κ2) is 6.56. The first-order chi connectivity index (χ1) is 11.9. The molecule has 126 valence electrons. The number of halogens is 1. The van der Waals surface area contributed by atoms with E-state index >= 15 is 0 Å². The fourth-order valence-electron chi connectivity index (χ4n) is 2.35. The zero-order chi connectivity index (χ0) is 18.0. The highest BCUT2D eigenvalue weighted by Crippen LogP contribution is 2.18. The summed E-state index contributed by atoms with van der Waals surface area (Å²) in [6.07, 6.45) is 1.33. The van der Waals surface area contributed by atoms with Gasteiger partial charge in [0.05, 0.1) is 6.54 Å². The predicted molar refractivity (Wildman–Crippen MR) is 86.6 cm³/mol. The van der Waals surface area contributed by atoms with Crippen molar-refractivity contribution in [1.29, 1.82) is 0 Å². The number of carbonyl (C=O) groups is 3. The van der Waals surface area contributed by atoms with Crippen LogP contribution in [0.4, 0.5) is 9.18 Å². The fourth-order valence-corrected chi connectivity index (χ4v) is 2.35. The molecule has 2 aromatic rings. The van der Waals surface area contributed by atoms with E-state index in [4.69, 9.17) is 0 Å². The highest BCUT2D eigenvalue weighted by atomic mass is 19.1. The van der Waals surface area contributed by atoms with Gasteiger partial charge in [-0.15, -0.1) is 0 Å². The monoisotopic (exact) mass is 340 g/mol. The van der Waals surface area contributed by atoms with E-state index in [1.165, 1.54) is 54.6 Å². The Balaban J connectivity index is 1.88. The van der Waals surface area contributed by atoms with Gasteiger partial charge < -0.3 is 5.11 Å². The van der Waals surface area contributed by atoms with Gasteiger partial charge in [-0.1, -0.05) is 24.3 Å². The maximum Gasteiger partial charge on any atom is 0.331 e. The van der Waals surface area contributed by atoms with Crippen LogP contribution < -0.4 is 5.32 Å². The number of carbonyl (C=O) groups excluding carboxylic acids is 3. The normalized spacial score (nSPS) is 16.3. The molecule has 1 fully saturated rings. The summed E-state index contributed by atoms with van der Waals surface area (Å²) in [5.41, 5.74) is 0.864. The van der Waals surface area contributed by atoms with E-state index in [0.29, 0.717) is 11.1 Å². The topological polar surface area (TPSA) is 86.7 Å². The van der Waals surface area contributed by atoms with Gasteiger partial charge in [0.1, 0.15) is 17.1 Å². The standard InChI is InChI=1S/C18H13FN2O4/c19-13-5-1-12(2-6-13)10-21-17(24)15(16(23)20-18(21)25)9-11-3-7-14(22)8-4-11/h1-9,22H,10H2,(H,20,23,25)/b15-9-. The van der Waals surface area contributed by atoms with Crippen molar-refractivity contribution in [3.63, 3.8) is 0 Å². The van der Waals surface area contributed by atoms with Crippen molar-refractivity contribution >= 4 is 23.9 Å². The molecule has 4 amide bonds. The minimum absolute atomic E-state index is 0.0506. The number of phenols is 1. The minimum Gasteiger partial charge on any atom is -0.508 e. The second-order valence-corrected chi connectivity index (χ2v) is 5.43. The van der Waals surface area contributed by atoms with Crippen LogP contribution in [0.25, 0.3) is 6.08 Å². The molecule has 6 nitrogen and oxygen atoms in total. The van der Waals surface area contributed by atoms with E-state index < -0.39 is 23.7 Å². The molecule has 2 aromatic carbocycles. The first-order valence-corrected chi connectivity index (χ1v) is 7.36. The smallest absolute Gasteiger partial charge is 0.331 e. The molecule has 0 saturated carbocycles. The molecule has 3 rings (SSSR count). The number of urea groups is 1. The van der Waals surface area contributed by atoms with Crippen molar-refractivity contribution in [2.24, 2.45) is 0 Å². The average Bonchev–Trinajstić information content (AvgIpc) is 2.59. The number of rotatable bonds is 3. The zero-order valence-electron chi connectivity index (χ0n) is 12.9. The highest BCUT2D eigenvalue weighted by molar-refractivity contribution is 6.30. The van der Waals surface area contributed by atoms with E-state index in [9.17, 15) is 23.9 Å². The maximum atomic E-state index is 13.0. The van der Waals surface area contributed by atoms with Crippen LogP contribution in [0.1, 0.15) is 11.1 Å². The Morgan fingerprint density at radius 3 is 2.28 bits per heavy atom. The molecule has 0 bridgehead atoms. The summed E-state index contributed by atoms with van der Waals surface area (Å²) < 4.78 is 13.0. The summed E-state index contributed by atoms with van der Waals surface area (Å²) in [4.78, 5) is 37.4. The molecule has 1 saturated heterocycles. The summed E-state index contributed by atoms with van der Waals surface area (Å²) in [6, 6.07) is 10.4. The van der Waals surface area contributed by atoms with Crippen molar-refractivity contribution in [3.05, 3.63) is 71.0 Å². The van der Waals surface area contributed by atoms with E-state index in [0.717, 1.165) is 4.90 Å². The lowest BCUT2D eigenvalue weighted by atomic mass is 10.1. The molecule has 0 atom stereocenters. The Kier molecular flexibility index (Phi) is 4.30. The SMILES string of the molecule is O=C1NC(=O)N(Cc2ccc(F)cc2)C(=O)/C1=C\c1ccc(O)cc1. The molecule has 0 radical (unpaired) electrons. The summed E-state index contributed by atoms with van der Waals surface area (Å²) in [5, 5.41) is 11.4. The number of imide groups is 2. The van der Waals surface area contributed by atoms with Gasteiger partial charge in [0.15, 0.2) is 0 Å². The summed E-state index contributed by atoms with van der Waals surface area (Å²) in [6.45, 7) is -0.0921. The third-order valence-electron chi connectivity index (χ3n) is 3.64. The quantitative estimate of drug-likeness (QED) is 0.662. The Hall–Kier alpha value is -3.48. The first-order valence-electron chi connectivity index (χ1n) is 7.36. The number of hydrogen-bond donors (Lipinski definition) is 2. The number of phenolic OH excluding ortho intramolecular Hbond substituents is 1. The average molecular weight is 340 g/mol. The van der Waals surface area contributed by atoms with Gasteiger partial charge in [-0.25, -0.2) is 9.18 Å².